The Morgan fingerprint density at radius 3 is 2.61 bits per heavy atom. The number of fused-ring (bicyclic) bond motifs is 1. The zero-order chi connectivity index (χ0) is 23.2. The average Bonchev–Trinajstić information content (AvgIpc) is 3.38. The van der Waals surface area contributed by atoms with Crippen molar-refractivity contribution >= 4 is 28.8 Å². The van der Waals surface area contributed by atoms with Crippen molar-refractivity contribution in [3.63, 3.8) is 0 Å². The third-order valence-corrected chi connectivity index (χ3v) is 6.55. The standard InChI is InChI=1S/C25H27N3O4S/c1-31-20-7-8-21(23(13-20)32-2)27-25(30)24(29)26-14-22(19-10-12-33-16-19)28-11-9-17-5-3-4-6-18(17)15-28/h3-8,10,12-13,16,22H,9,11,14-15H2,1-2H3,(H,26,29)(H,27,30)/t22-/m0/s1. The second kappa shape index (κ2) is 10.5. The molecule has 4 rings (SSSR count). The SMILES string of the molecule is COc1ccc(NC(=O)C(=O)NC[C@@H](c2ccsc2)N2CCc3ccccc3C2)c(OC)c1. The molecule has 2 amide bonds. The summed E-state index contributed by atoms with van der Waals surface area (Å²) in [6.45, 7) is 2.04. The molecule has 1 aliphatic heterocycles. The summed E-state index contributed by atoms with van der Waals surface area (Å²) in [5, 5.41) is 9.57. The summed E-state index contributed by atoms with van der Waals surface area (Å²) in [5.74, 6) is -0.424. The topological polar surface area (TPSA) is 79.9 Å². The van der Waals surface area contributed by atoms with Gasteiger partial charge in [0.2, 0.25) is 0 Å². The number of methoxy groups -OCH3 is 2. The van der Waals surface area contributed by atoms with Crippen LogP contribution in [0.2, 0.25) is 0 Å². The first-order valence-electron chi connectivity index (χ1n) is 10.7. The lowest BCUT2D eigenvalue weighted by molar-refractivity contribution is -0.136. The van der Waals surface area contributed by atoms with E-state index in [1.54, 1.807) is 36.6 Å². The van der Waals surface area contributed by atoms with Gasteiger partial charge in [-0.2, -0.15) is 11.3 Å². The maximum atomic E-state index is 12.6. The van der Waals surface area contributed by atoms with Crippen LogP contribution in [-0.2, 0) is 22.6 Å². The molecule has 1 aliphatic rings. The minimum atomic E-state index is -0.744. The molecule has 0 fully saturated rings. The van der Waals surface area contributed by atoms with Crippen molar-refractivity contribution in [3.8, 4) is 11.5 Å². The maximum absolute atomic E-state index is 12.6. The van der Waals surface area contributed by atoms with E-state index in [0.29, 0.717) is 23.7 Å². The van der Waals surface area contributed by atoms with Crippen LogP contribution in [0.3, 0.4) is 0 Å². The third kappa shape index (κ3) is 5.35. The smallest absolute Gasteiger partial charge is 0.313 e. The van der Waals surface area contributed by atoms with E-state index in [1.165, 1.54) is 18.2 Å². The maximum Gasteiger partial charge on any atom is 0.313 e. The van der Waals surface area contributed by atoms with Crippen molar-refractivity contribution in [1.82, 2.24) is 10.2 Å². The van der Waals surface area contributed by atoms with Crippen LogP contribution in [-0.4, -0.2) is 44.0 Å². The minimum absolute atomic E-state index is 0.0168. The molecule has 172 valence electrons. The number of amides is 2. The Morgan fingerprint density at radius 2 is 1.88 bits per heavy atom. The van der Waals surface area contributed by atoms with Crippen molar-refractivity contribution in [2.45, 2.75) is 19.0 Å². The molecule has 33 heavy (non-hydrogen) atoms. The second-order valence-electron chi connectivity index (χ2n) is 7.79. The first-order chi connectivity index (χ1) is 16.1. The summed E-state index contributed by atoms with van der Waals surface area (Å²) in [4.78, 5) is 27.5. The van der Waals surface area contributed by atoms with E-state index in [2.05, 4.69) is 51.2 Å². The number of ether oxygens (including phenoxy) is 2. The van der Waals surface area contributed by atoms with E-state index in [0.717, 1.165) is 25.1 Å². The number of carbonyl (C=O) groups excluding carboxylic acids is 2. The van der Waals surface area contributed by atoms with Crippen molar-refractivity contribution in [2.75, 3.05) is 32.6 Å². The van der Waals surface area contributed by atoms with Crippen LogP contribution in [0.25, 0.3) is 0 Å². The molecule has 0 radical (unpaired) electrons. The van der Waals surface area contributed by atoms with Crippen LogP contribution in [0.4, 0.5) is 5.69 Å². The molecule has 7 nitrogen and oxygen atoms in total. The summed E-state index contributed by atoms with van der Waals surface area (Å²) in [5.41, 5.74) is 4.21. The van der Waals surface area contributed by atoms with Gasteiger partial charge in [0.25, 0.3) is 0 Å². The predicted molar refractivity (Wildman–Crippen MR) is 129 cm³/mol. The summed E-state index contributed by atoms with van der Waals surface area (Å²) >= 11 is 1.62. The molecule has 3 aromatic rings. The van der Waals surface area contributed by atoms with Gasteiger partial charge in [0, 0.05) is 25.7 Å². The lowest BCUT2D eigenvalue weighted by Gasteiger charge is -2.35. The van der Waals surface area contributed by atoms with Crippen LogP contribution >= 0.6 is 11.3 Å². The highest BCUT2D eigenvalue weighted by Gasteiger charge is 2.26. The Kier molecular flexibility index (Phi) is 7.26. The van der Waals surface area contributed by atoms with Crippen LogP contribution in [0.5, 0.6) is 11.5 Å². The van der Waals surface area contributed by atoms with Crippen LogP contribution in [0.15, 0.2) is 59.3 Å². The van der Waals surface area contributed by atoms with Gasteiger partial charge in [0.05, 0.1) is 25.9 Å². The fraction of sp³-hybridized carbons (Fsp3) is 0.280. The van der Waals surface area contributed by atoms with Crippen molar-refractivity contribution in [1.29, 1.82) is 0 Å². The molecule has 0 bridgehead atoms. The number of benzene rings is 2. The molecule has 8 heteroatoms. The molecule has 1 atom stereocenters. The predicted octanol–water partition coefficient (Wildman–Crippen LogP) is 3.62. The lowest BCUT2D eigenvalue weighted by atomic mass is 9.97. The third-order valence-electron chi connectivity index (χ3n) is 5.85. The molecule has 1 aromatic heterocycles. The molecule has 0 aliphatic carbocycles. The Balaban J connectivity index is 1.42. The zero-order valence-corrected chi connectivity index (χ0v) is 19.5. The Labute approximate surface area is 197 Å². The number of nitrogens with zero attached hydrogens (tertiary/aromatic N) is 1. The molecule has 0 saturated carbocycles. The number of carbonyl (C=O) groups is 2. The Bertz CT molecular complexity index is 1120. The van der Waals surface area contributed by atoms with E-state index in [4.69, 9.17) is 9.47 Å². The Morgan fingerprint density at radius 1 is 1.06 bits per heavy atom. The first kappa shape index (κ1) is 22.8. The van der Waals surface area contributed by atoms with Gasteiger partial charge in [-0.15, -0.1) is 0 Å². The summed E-state index contributed by atoms with van der Waals surface area (Å²) in [6, 6.07) is 15.5. The van der Waals surface area contributed by atoms with Crippen molar-refractivity contribution in [3.05, 3.63) is 76.0 Å². The quantitative estimate of drug-likeness (QED) is 0.521. The summed E-state index contributed by atoms with van der Waals surface area (Å²) in [6.07, 6.45) is 0.961. The highest BCUT2D eigenvalue weighted by molar-refractivity contribution is 7.08. The average molecular weight is 466 g/mol. The van der Waals surface area contributed by atoms with Gasteiger partial charge in [0.15, 0.2) is 0 Å². The largest absolute Gasteiger partial charge is 0.497 e. The lowest BCUT2D eigenvalue weighted by Crippen LogP contribution is -2.43. The van der Waals surface area contributed by atoms with Gasteiger partial charge in [-0.05, 0) is 52.1 Å². The van der Waals surface area contributed by atoms with Crippen molar-refractivity contribution < 1.29 is 19.1 Å². The molecule has 2 N–H and O–H groups in total. The van der Waals surface area contributed by atoms with Crippen LogP contribution in [0.1, 0.15) is 22.7 Å². The van der Waals surface area contributed by atoms with Gasteiger partial charge in [-0.1, -0.05) is 24.3 Å². The van der Waals surface area contributed by atoms with Crippen molar-refractivity contribution in [2.24, 2.45) is 0 Å². The molecule has 2 aromatic carbocycles. The van der Waals surface area contributed by atoms with E-state index >= 15 is 0 Å². The molecular weight excluding hydrogens is 438 g/mol. The summed E-state index contributed by atoms with van der Waals surface area (Å²) in [7, 11) is 3.04. The number of anilines is 1. The molecule has 0 spiro atoms. The van der Waals surface area contributed by atoms with E-state index in [1.807, 2.05) is 5.38 Å². The Hall–Kier alpha value is -3.36. The molecule has 2 heterocycles. The fourth-order valence-corrected chi connectivity index (χ4v) is 4.76. The minimum Gasteiger partial charge on any atom is -0.497 e. The molecular formula is C25H27N3O4S. The van der Waals surface area contributed by atoms with Gasteiger partial charge in [-0.3, -0.25) is 14.5 Å². The van der Waals surface area contributed by atoms with Gasteiger partial charge < -0.3 is 20.1 Å². The normalized spacial score (nSPS) is 14.1. The number of rotatable bonds is 7. The zero-order valence-electron chi connectivity index (χ0n) is 18.7. The first-order valence-corrected chi connectivity index (χ1v) is 11.7. The second-order valence-corrected chi connectivity index (χ2v) is 8.57. The fourth-order valence-electron chi connectivity index (χ4n) is 4.06. The number of hydrogen-bond donors (Lipinski definition) is 2. The van der Waals surface area contributed by atoms with E-state index < -0.39 is 11.8 Å². The monoisotopic (exact) mass is 465 g/mol. The molecule has 0 unspecified atom stereocenters. The van der Waals surface area contributed by atoms with Crippen LogP contribution < -0.4 is 20.1 Å². The highest BCUT2D eigenvalue weighted by atomic mass is 32.1. The van der Waals surface area contributed by atoms with Crippen LogP contribution in [0, 0.1) is 0 Å². The summed E-state index contributed by atoms with van der Waals surface area (Å²) < 4.78 is 10.5. The number of nitrogens with one attached hydrogen (secondary N) is 2. The van der Waals surface area contributed by atoms with Gasteiger partial charge >= 0.3 is 11.8 Å². The van der Waals surface area contributed by atoms with E-state index in [9.17, 15) is 9.59 Å². The number of hydrogen-bond acceptors (Lipinski definition) is 6. The number of thiophene rings is 1. The molecule has 0 saturated heterocycles. The van der Waals surface area contributed by atoms with Gasteiger partial charge in [-0.25, -0.2) is 0 Å². The van der Waals surface area contributed by atoms with Gasteiger partial charge in [0.1, 0.15) is 11.5 Å². The van der Waals surface area contributed by atoms with E-state index in [-0.39, 0.29) is 6.04 Å². The highest BCUT2D eigenvalue weighted by Crippen LogP contribution is 2.30.